The van der Waals surface area contributed by atoms with Crippen molar-refractivity contribution >= 4 is 5.91 Å². The normalized spacial score (nSPS) is 12.3. The summed E-state index contributed by atoms with van der Waals surface area (Å²) in [6.45, 7) is 10.3. The fourth-order valence-corrected chi connectivity index (χ4v) is 2.35. The molecular formula is C14H22N2O2. The maximum absolute atomic E-state index is 12.0. The second-order valence-corrected chi connectivity index (χ2v) is 6.49. The number of hydrogen-bond acceptors (Lipinski definition) is 2. The number of rotatable bonds is 3. The van der Waals surface area contributed by atoms with E-state index in [-0.39, 0.29) is 22.6 Å². The zero-order valence-electron chi connectivity index (χ0n) is 11.8. The van der Waals surface area contributed by atoms with Gasteiger partial charge in [-0.15, -0.1) is 0 Å². The molecule has 0 aromatic carbocycles. The lowest BCUT2D eigenvalue weighted by Gasteiger charge is -2.32. The lowest BCUT2D eigenvalue weighted by molar-refractivity contribution is -0.607. The molecule has 0 aliphatic rings. The highest BCUT2D eigenvalue weighted by Gasteiger charge is 2.29. The van der Waals surface area contributed by atoms with E-state index in [2.05, 4.69) is 26.1 Å². The predicted molar refractivity (Wildman–Crippen MR) is 71.0 cm³/mol. The minimum absolute atomic E-state index is 0.112. The molecule has 4 nitrogen and oxygen atoms in total. The van der Waals surface area contributed by atoms with Crippen LogP contribution in [-0.4, -0.2) is 11.4 Å². The molecule has 0 bridgehead atoms. The summed E-state index contributed by atoms with van der Waals surface area (Å²) in [5.41, 5.74) is -0.113. The predicted octanol–water partition coefficient (Wildman–Crippen LogP) is 2.26. The molecule has 18 heavy (non-hydrogen) atoms. The van der Waals surface area contributed by atoms with Crippen molar-refractivity contribution in [2.75, 3.05) is 0 Å². The van der Waals surface area contributed by atoms with Crippen molar-refractivity contribution in [3.63, 3.8) is 0 Å². The maximum atomic E-state index is 12.0. The summed E-state index contributed by atoms with van der Waals surface area (Å²) in [4.78, 5) is 12.0. The number of pyridine rings is 1. The monoisotopic (exact) mass is 250 g/mol. The van der Waals surface area contributed by atoms with Crippen LogP contribution < -0.4 is 10.0 Å². The fourth-order valence-electron chi connectivity index (χ4n) is 2.35. The van der Waals surface area contributed by atoms with Crippen LogP contribution in [0, 0.1) is 10.6 Å². The third-order valence-corrected chi connectivity index (χ3v) is 2.48. The van der Waals surface area contributed by atoms with Gasteiger partial charge in [-0.1, -0.05) is 20.8 Å². The molecule has 0 fully saturated rings. The van der Waals surface area contributed by atoms with E-state index in [1.54, 1.807) is 12.1 Å². The molecule has 0 radical (unpaired) electrons. The smallest absolute Gasteiger partial charge is 0.317 e. The number of carbonyl (C=O) groups excluding carboxylic acids is 1. The van der Waals surface area contributed by atoms with Gasteiger partial charge in [-0.05, 0) is 31.7 Å². The van der Waals surface area contributed by atoms with Crippen LogP contribution in [0.15, 0.2) is 24.4 Å². The van der Waals surface area contributed by atoms with Gasteiger partial charge in [0.1, 0.15) is 0 Å². The molecule has 1 heterocycles. The summed E-state index contributed by atoms with van der Waals surface area (Å²) in [5.74, 6) is -0.333. The average molecular weight is 250 g/mol. The van der Waals surface area contributed by atoms with Crippen molar-refractivity contribution in [2.45, 2.75) is 46.6 Å². The van der Waals surface area contributed by atoms with E-state index in [0.29, 0.717) is 4.73 Å². The maximum Gasteiger partial charge on any atom is 0.317 e. The minimum Gasteiger partial charge on any atom is -0.618 e. The molecule has 0 atom stereocenters. The summed E-state index contributed by atoms with van der Waals surface area (Å²) in [6, 6.07) is 4.81. The number of nitrogens with zero attached hydrogens (tertiary/aromatic N) is 1. The third-order valence-electron chi connectivity index (χ3n) is 2.48. The van der Waals surface area contributed by atoms with Crippen molar-refractivity contribution in [1.29, 1.82) is 0 Å². The highest BCUT2D eigenvalue weighted by molar-refractivity contribution is 5.91. The average Bonchev–Trinajstić information content (AvgIpc) is 2.12. The first-order valence-corrected chi connectivity index (χ1v) is 6.11. The molecular weight excluding hydrogens is 228 g/mol. The standard InChI is InChI=1S/C14H22N2O2/c1-13(2,3)10-14(4,5)15-12(17)11-8-6-7-9-16(11)18/h6-9H,10H2,1-5H3,(H,15,17). The molecule has 0 spiro atoms. The first-order chi connectivity index (χ1) is 8.11. The molecule has 0 saturated carbocycles. The molecule has 1 aromatic heterocycles. The van der Waals surface area contributed by atoms with Crippen molar-refractivity contribution in [3.8, 4) is 0 Å². The summed E-state index contributed by atoms with van der Waals surface area (Å²) < 4.78 is 0.586. The highest BCUT2D eigenvalue weighted by atomic mass is 16.5. The molecule has 1 aromatic rings. The van der Waals surface area contributed by atoms with Gasteiger partial charge in [0.2, 0.25) is 0 Å². The van der Waals surface area contributed by atoms with E-state index in [1.165, 1.54) is 12.3 Å². The van der Waals surface area contributed by atoms with Crippen LogP contribution in [0.2, 0.25) is 0 Å². The van der Waals surface area contributed by atoms with Crippen molar-refractivity contribution in [3.05, 3.63) is 35.3 Å². The van der Waals surface area contributed by atoms with E-state index in [1.807, 2.05) is 13.8 Å². The van der Waals surface area contributed by atoms with E-state index < -0.39 is 0 Å². The number of carbonyl (C=O) groups is 1. The van der Waals surface area contributed by atoms with Gasteiger partial charge in [0.25, 0.3) is 5.69 Å². The Morgan fingerprint density at radius 2 is 1.89 bits per heavy atom. The Morgan fingerprint density at radius 3 is 2.39 bits per heavy atom. The molecule has 0 saturated heterocycles. The lowest BCUT2D eigenvalue weighted by Crippen LogP contribution is -2.49. The Balaban J connectivity index is 2.79. The number of aromatic nitrogens is 1. The first kappa shape index (κ1) is 14.5. The van der Waals surface area contributed by atoms with E-state index in [0.717, 1.165) is 6.42 Å². The molecule has 0 aliphatic carbocycles. The molecule has 1 rings (SSSR count). The van der Waals surface area contributed by atoms with Crippen molar-refractivity contribution in [1.82, 2.24) is 5.32 Å². The van der Waals surface area contributed by atoms with Crippen molar-refractivity contribution < 1.29 is 9.52 Å². The second kappa shape index (κ2) is 4.96. The Kier molecular flexibility index (Phi) is 3.99. The molecule has 1 amide bonds. The highest BCUT2D eigenvalue weighted by Crippen LogP contribution is 2.26. The van der Waals surface area contributed by atoms with Crippen LogP contribution in [-0.2, 0) is 0 Å². The summed E-state index contributed by atoms with van der Waals surface area (Å²) in [5, 5.41) is 14.4. The van der Waals surface area contributed by atoms with Gasteiger partial charge in [0, 0.05) is 17.7 Å². The summed E-state index contributed by atoms with van der Waals surface area (Å²) in [6.07, 6.45) is 2.16. The Bertz CT molecular complexity index is 434. The van der Waals surface area contributed by atoms with Crippen molar-refractivity contribution in [2.24, 2.45) is 5.41 Å². The lowest BCUT2D eigenvalue weighted by atomic mass is 9.82. The molecule has 0 aliphatic heterocycles. The molecule has 0 unspecified atom stereocenters. The van der Waals surface area contributed by atoms with Crippen LogP contribution in [0.5, 0.6) is 0 Å². The van der Waals surface area contributed by atoms with Gasteiger partial charge in [-0.3, -0.25) is 4.79 Å². The zero-order valence-corrected chi connectivity index (χ0v) is 11.8. The molecule has 4 heteroatoms. The third kappa shape index (κ3) is 4.35. The first-order valence-electron chi connectivity index (χ1n) is 6.11. The largest absolute Gasteiger partial charge is 0.618 e. The van der Waals surface area contributed by atoms with E-state index >= 15 is 0 Å². The van der Waals surface area contributed by atoms with Crippen LogP contribution in [0.25, 0.3) is 0 Å². The number of hydrogen-bond donors (Lipinski definition) is 1. The quantitative estimate of drug-likeness (QED) is 0.661. The van der Waals surface area contributed by atoms with Crippen LogP contribution in [0.1, 0.15) is 51.5 Å². The zero-order chi connectivity index (χ0) is 14.0. The SMILES string of the molecule is CC(C)(C)CC(C)(C)NC(=O)c1cccc[n+]1[O-]. The number of nitrogens with one attached hydrogen (secondary N) is 1. The Hall–Kier alpha value is -1.58. The van der Waals surface area contributed by atoms with Gasteiger partial charge < -0.3 is 10.5 Å². The van der Waals surface area contributed by atoms with E-state index in [4.69, 9.17) is 0 Å². The van der Waals surface area contributed by atoms with Crippen LogP contribution >= 0.6 is 0 Å². The minimum atomic E-state index is -0.349. The summed E-state index contributed by atoms with van der Waals surface area (Å²) in [7, 11) is 0. The van der Waals surface area contributed by atoms with Gasteiger partial charge in [-0.25, -0.2) is 0 Å². The Labute approximate surface area is 109 Å². The topological polar surface area (TPSA) is 56.0 Å². The summed E-state index contributed by atoms with van der Waals surface area (Å²) >= 11 is 0. The second-order valence-electron chi connectivity index (χ2n) is 6.49. The van der Waals surface area contributed by atoms with Crippen LogP contribution in [0.3, 0.4) is 0 Å². The Morgan fingerprint density at radius 1 is 1.28 bits per heavy atom. The van der Waals surface area contributed by atoms with Gasteiger partial charge in [0.05, 0.1) is 0 Å². The van der Waals surface area contributed by atoms with Gasteiger partial charge >= 0.3 is 5.91 Å². The molecule has 1 N–H and O–H groups in total. The number of amides is 1. The van der Waals surface area contributed by atoms with Crippen LogP contribution in [0.4, 0.5) is 0 Å². The van der Waals surface area contributed by atoms with E-state index in [9.17, 15) is 10.0 Å². The molecule has 100 valence electrons. The van der Waals surface area contributed by atoms with Gasteiger partial charge in [0.15, 0.2) is 6.20 Å². The van der Waals surface area contributed by atoms with Gasteiger partial charge in [-0.2, -0.15) is 4.73 Å². The fraction of sp³-hybridized carbons (Fsp3) is 0.571.